The van der Waals surface area contributed by atoms with Gasteiger partial charge in [-0.05, 0) is 6.92 Å². The molecule has 1 saturated heterocycles. The topological polar surface area (TPSA) is 84.8 Å². The van der Waals surface area contributed by atoms with Crippen LogP contribution in [-0.4, -0.2) is 72.5 Å². The molecule has 1 aliphatic rings. The first kappa shape index (κ1) is 13.4. The van der Waals surface area contributed by atoms with Crippen molar-refractivity contribution in [2.75, 3.05) is 45.9 Å². The van der Waals surface area contributed by atoms with Crippen LogP contribution < -0.4 is 10.6 Å². The molecule has 0 aromatic rings. The lowest BCUT2D eigenvalue weighted by molar-refractivity contribution is -0.125. The minimum Gasteiger partial charge on any atom is -0.394 e. The van der Waals surface area contributed by atoms with E-state index >= 15 is 0 Å². The van der Waals surface area contributed by atoms with Gasteiger partial charge in [0.15, 0.2) is 0 Å². The van der Waals surface area contributed by atoms with Crippen LogP contribution in [0.2, 0.25) is 0 Å². The summed E-state index contributed by atoms with van der Waals surface area (Å²) in [5.74, 6) is -0.160. The first-order valence-corrected chi connectivity index (χ1v) is 5.55. The number of aliphatic hydroxyl groups excluding tert-OH is 2. The second-order valence-electron chi connectivity index (χ2n) is 4.45. The lowest BCUT2D eigenvalue weighted by Crippen LogP contribution is -2.55. The van der Waals surface area contributed by atoms with E-state index in [0.29, 0.717) is 6.54 Å². The standard InChI is InChI=1S/C10H21N3O3/c1-10(7-14,8-15)12-9(16)6-13-4-2-11-3-5-13/h11,14-15H,2-8H2,1H3,(H,12,16). The molecule has 6 heteroatoms. The second-order valence-corrected chi connectivity index (χ2v) is 4.45. The number of carbonyl (C=O) groups is 1. The van der Waals surface area contributed by atoms with Crippen molar-refractivity contribution in [3.05, 3.63) is 0 Å². The molecule has 0 spiro atoms. The Balaban J connectivity index is 2.34. The van der Waals surface area contributed by atoms with Crippen LogP contribution in [0.5, 0.6) is 0 Å². The summed E-state index contributed by atoms with van der Waals surface area (Å²) in [4.78, 5) is 13.7. The van der Waals surface area contributed by atoms with Crippen LogP contribution in [0.1, 0.15) is 6.92 Å². The van der Waals surface area contributed by atoms with Crippen LogP contribution in [0, 0.1) is 0 Å². The van der Waals surface area contributed by atoms with Crippen molar-refractivity contribution in [3.63, 3.8) is 0 Å². The van der Waals surface area contributed by atoms with Crippen LogP contribution in [0.15, 0.2) is 0 Å². The lowest BCUT2D eigenvalue weighted by atomic mass is 10.1. The third-order valence-electron chi connectivity index (χ3n) is 2.72. The van der Waals surface area contributed by atoms with E-state index in [1.165, 1.54) is 0 Å². The summed E-state index contributed by atoms with van der Waals surface area (Å²) in [6, 6.07) is 0. The maximum Gasteiger partial charge on any atom is 0.234 e. The molecular formula is C10H21N3O3. The molecular weight excluding hydrogens is 210 g/mol. The number of piperazine rings is 1. The van der Waals surface area contributed by atoms with Crippen molar-refractivity contribution >= 4 is 5.91 Å². The predicted octanol–water partition coefficient (Wildman–Crippen LogP) is -2.25. The molecule has 0 aliphatic carbocycles. The first-order chi connectivity index (χ1) is 7.59. The zero-order chi connectivity index (χ0) is 12.0. The average molecular weight is 231 g/mol. The largest absolute Gasteiger partial charge is 0.394 e. The summed E-state index contributed by atoms with van der Waals surface area (Å²) in [7, 11) is 0. The molecule has 94 valence electrons. The monoisotopic (exact) mass is 231 g/mol. The first-order valence-electron chi connectivity index (χ1n) is 5.55. The number of nitrogens with one attached hydrogen (secondary N) is 2. The zero-order valence-electron chi connectivity index (χ0n) is 9.70. The van der Waals surface area contributed by atoms with E-state index in [0.717, 1.165) is 26.2 Å². The molecule has 1 aliphatic heterocycles. The summed E-state index contributed by atoms with van der Waals surface area (Å²) >= 11 is 0. The van der Waals surface area contributed by atoms with Crippen LogP contribution in [0.4, 0.5) is 0 Å². The van der Waals surface area contributed by atoms with Gasteiger partial charge in [-0.3, -0.25) is 9.69 Å². The number of nitrogens with zero attached hydrogens (tertiary/aromatic N) is 1. The highest BCUT2D eigenvalue weighted by molar-refractivity contribution is 5.78. The fourth-order valence-electron chi connectivity index (χ4n) is 1.58. The van der Waals surface area contributed by atoms with Gasteiger partial charge >= 0.3 is 0 Å². The van der Waals surface area contributed by atoms with Crippen molar-refractivity contribution < 1.29 is 15.0 Å². The zero-order valence-corrected chi connectivity index (χ0v) is 9.70. The Labute approximate surface area is 95.6 Å². The Bertz CT molecular complexity index is 225. The average Bonchev–Trinajstić information content (AvgIpc) is 2.30. The molecule has 16 heavy (non-hydrogen) atoms. The molecule has 0 radical (unpaired) electrons. The van der Waals surface area contributed by atoms with E-state index in [9.17, 15) is 4.79 Å². The van der Waals surface area contributed by atoms with Crippen LogP contribution in [0.3, 0.4) is 0 Å². The molecule has 0 aromatic carbocycles. The molecule has 0 aromatic heterocycles. The summed E-state index contributed by atoms with van der Waals surface area (Å²) in [6.45, 7) is 4.88. The maximum atomic E-state index is 11.6. The van der Waals surface area contributed by atoms with Gasteiger partial charge in [0.2, 0.25) is 5.91 Å². The Morgan fingerprint density at radius 2 is 1.94 bits per heavy atom. The van der Waals surface area contributed by atoms with Gasteiger partial charge in [-0.2, -0.15) is 0 Å². The second kappa shape index (κ2) is 6.15. The fourth-order valence-corrected chi connectivity index (χ4v) is 1.58. The van der Waals surface area contributed by atoms with Crippen molar-refractivity contribution in [1.29, 1.82) is 0 Å². The number of carbonyl (C=O) groups excluding carboxylic acids is 1. The van der Waals surface area contributed by atoms with Gasteiger partial charge in [0.25, 0.3) is 0 Å². The van der Waals surface area contributed by atoms with E-state index in [1.54, 1.807) is 6.92 Å². The van der Waals surface area contributed by atoms with Gasteiger partial charge in [0.1, 0.15) is 0 Å². The van der Waals surface area contributed by atoms with Crippen LogP contribution >= 0.6 is 0 Å². The van der Waals surface area contributed by atoms with Crippen LogP contribution in [0.25, 0.3) is 0 Å². The summed E-state index contributed by atoms with van der Waals surface area (Å²) in [5.41, 5.74) is -0.925. The van der Waals surface area contributed by atoms with Gasteiger partial charge in [-0.1, -0.05) is 0 Å². The molecule has 1 amide bonds. The number of aliphatic hydroxyl groups is 2. The lowest BCUT2D eigenvalue weighted by Gasteiger charge is -2.30. The Morgan fingerprint density at radius 1 is 1.38 bits per heavy atom. The van der Waals surface area contributed by atoms with E-state index in [4.69, 9.17) is 10.2 Å². The minimum atomic E-state index is -0.925. The van der Waals surface area contributed by atoms with E-state index < -0.39 is 5.54 Å². The highest BCUT2D eigenvalue weighted by atomic mass is 16.3. The molecule has 1 heterocycles. The number of hydrogen-bond acceptors (Lipinski definition) is 5. The highest BCUT2D eigenvalue weighted by Crippen LogP contribution is 2.01. The number of amides is 1. The smallest absolute Gasteiger partial charge is 0.234 e. The Kier molecular flexibility index (Phi) is 5.14. The molecule has 6 nitrogen and oxygen atoms in total. The quantitative estimate of drug-likeness (QED) is 0.429. The molecule has 0 atom stereocenters. The number of hydrogen-bond donors (Lipinski definition) is 4. The van der Waals surface area contributed by atoms with Crippen LogP contribution in [-0.2, 0) is 4.79 Å². The minimum absolute atomic E-state index is 0.160. The Morgan fingerprint density at radius 3 is 2.44 bits per heavy atom. The van der Waals surface area contributed by atoms with Crippen molar-refractivity contribution in [3.8, 4) is 0 Å². The van der Waals surface area contributed by atoms with Gasteiger partial charge in [0.05, 0.1) is 25.3 Å². The van der Waals surface area contributed by atoms with Crippen molar-refractivity contribution in [2.24, 2.45) is 0 Å². The molecule has 0 bridgehead atoms. The van der Waals surface area contributed by atoms with E-state index in [-0.39, 0.29) is 19.1 Å². The third kappa shape index (κ3) is 4.05. The summed E-state index contributed by atoms with van der Waals surface area (Å²) in [6.07, 6.45) is 0. The fraction of sp³-hybridized carbons (Fsp3) is 0.900. The number of rotatable bonds is 5. The van der Waals surface area contributed by atoms with Gasteiger partial charge < -0.3 is 20.8 Å². The van der Waals surface area contributed by atoms with Gasteiger partial charge in [-0.15, -0.1) is 0 Å². The normalized spacial score (nSPS) is 18.4. The third-order valence-corrected chi connectivity index (χ3v) is 2.72. The molecule has 0 unspecified atom stereocenters. The van der Waals surface area contributed by atoms with E-state index in [1.807, 2.05) is 4.90 Å². The highest BCUT2D eigenvalue weighted by Gasteiger charge is 2.25. The summed E-state index contributed by atoms with van der Waals surface area (Å²) < 4.78 is 0. The van der Waals surface area contributed by atoms with Gasteiger partial charge in [-0.25, -0.2) is 0 Å². The molecule has 0 saturated carbocycles. The Hall–Kier alpha value is -0.690. The van der Waals surface area contributed by atoms with E-state index in [2.05, 4.69) is 10.6 Å². The van der Waals surface area contributed by atoms with Crippen molar-refractivity contribution in [1.82, 2.24) is 15.5 Å². The maximum absolute atomic E-state index is 11.6. The van der Waals surface area contributed by atoms with Gasteiger partial charge in [0, 0.05) is 26.2 Å². The van der Waals surface area contributed by atoms with Crippen molar-refractivity contribution in [2.45, 2.75) is 12.5 Å². The SMILES string of the molecule is CC(CO)(CO)NC(=O)CN1CCNCC1. The summed E-state index contributed by atoms with van der Waals surface area (Å²) in [5, 5.41) is 23.9. The molecule has 1 fully saturated rings. The molecule has 1 rings (SSSR count). The predicted molar refractivity (Wildman–Crippen MR) is 60.0 cm³/mol. The molecule has 4 N–H and O–H groups in total.